The molecule has 0 saturated heterocycles. The Morgan fingerprint density at radius 2 is 1.80 bits per heavy atom. The first-order chi connectivity index (χ1) is 12.1. The largest absolute Gasteiger partial charge is 0.337 e. The number of carbonyl (C=O) groups is 1. The van der Waals surface area contributed by atoms with Crippen LogP contribution in [0.3, 0.4) is 0 Å². The van der Waals surface area contributed by atoms with E-state index in [4.69, 9.17) is 16.1 Å². The number of halogens is 1. The van der Waals surface area contributed by atoms with E-state index in [2.05, 4.69) is 10.1 Å². The Morgan fingerprint density at radius 1 is 1.12 bits per heavy atom. The van der Waals surface area contributed by atoms with Crippen LogP contribution >= 0.6 is 11.6 Å². The maximum Gasteiger partial charge on any atom is 0.254 e. The quantitative estimate of drug-likeness (QED) is 0.682. The van der Waals surface area contributed by atoms with Gasteiger partial charge in [-0.15, -0.1) is 0 Å². The first kappa shape index (κ1) is 17.2. The molecule has 0 spiro atoms. The van der Waals surface area contributed by atoms with Crippen LogP contribution in [0.2, 0.25) is 5.02 Å². The first-order valence-corrected chi connectivity index (χ1v) is 8.39. The second kappa shape index (κ2) is 7.49. The zero-order valence-corrected chi connectivity index (χ0v) is 14.8. The number of hydrogen-bond acceptors (Lipinski definition) is 4. The molecular formula is C19H18ClN3O2. The van der Waals surface area contributed by atoms with Crippen molar-refractivity contribution in [3.05, 3.63) is 70.6 Å². The van der Waals surface area contributed by atoms with Gasteiger partial charge in [-0.05, 0) is 38.1 Å². The van der Waals surface area contributed by atoms with E-state index in [1.807, 2.05) is 38.1 Å². The molecule has 25 heavy (non-hydrogen) atoms. The molecule has 128 valence electrons. The highest BCUT2D eigenvalue weighted by Gasteiger charge is 2.18. The standard InChI is InChI=1S/C19H18ClN3O2/c1-3-23(19(24)15-8-10-16(20)11-9-15)12-17-21-18(22-25-17)14-6-4-13(2)5-7-14/h4-11H,3,12H2,1-2H3. The van der Waals surface area contributed by atoms with Crippen LogP contribution in [0.1, 0.15) is 28.7 Å². The number of aromatic nitrogens is 2. The van der Waals surface area contributed by atoms with Crippen molar-refractivity contribution < 1.29 is 9.32 Å². The van der Waals surface area contributed by atoms with Gasteiger partial charge in [-0.2, -0.15) is 4.98 Å². The Labute approximate surface area is 151 Å². The average Bonchev–Trinajstić information content (AvgIpc) is 3.09. The summed E-state index contributed by atoms with van der Waals surface area (Å²) >= 11 is 5.87. The van der Waals surface area contributed by atoms with E-state index in [1.54, 1.807) is 29.2 Å². The number of aryl methyl sites for hydroxylation is 1. The van der Waals surface area contributed by atoms with Gasteiger partial charge in [0.25, 0.3) is 5.91 Å². The van der Waals surface area contributed by atoms with Crippen molar-refractivity contribution in [1.29, 1.82) is 0 Å². The van der Waals surface area contributed by atoms with Crippen molar-refractivity contribution >= 4 is 17.5 Å². The predicted octanol–water partition coefficient (Wildman–Crippen LogP) is 4.36. The summed E-state index contributed by atoms with van der Waals surface area (Å²) in [6.45, 7) is 4.72. The van der Waals surface area contributed by atoms with Crippen LogP contribution in [0.4, 0.5) is 0 Å². The van der Waals surface area contributed by atoms with Gasteiger partial charge in [0, 0.05) is 22.7 Å². The average molecular weight is 356 g/mol. The monoisotopic (exact) mass is 355 g/mol. The minimum atomic E-state index is -0.103. The van der Waals surface area contributed by atoms with Gasteiger partial charge in [0.05, 0.1) is 0 Å². The maximum atomic E-state index is 12.6. The van der Waals surface area contributed by atoms with Gasteiger partial charge >= 0.3 is 0 Å². The second-order valence-corrected chi connectivity index (χ2v) is 6.14. The second-order valence-electron chi connectivity index (χ2n) is 5.70. The third-order valence-electron chi connectivity index (χ3n) is 3.86. The lowest BCUT2D eigenvalue weighted by Gasteiger charge is -2.18. The summed E-state index contributed by atoms with van der Waals surface area (Å²) in [4.78, 5) is 18.6. The molecule has 0 atom stereocenters. The summed E-state index contributed by atoms with van der Waals surface area (Å²) in [6, 6.07) is 14.7. The summed E-state index contributed by atoms with van der Waals surface area (Å²) in [7, 11) is 0. The molecule has 6 heteroatoms. The molecule has 1 amide bonds. The number of nitrogens with zero attached hydrogens (tertiary/aromatic N) is 3. The lowest BCUT2D eigenvalue weighted by molar-refractivity contribution is 0.0734. The number of carbonyl (C=O) groups excluding carboxylic acids is 1. The molecule has 0 N–H and O–H groups in total. The molecule has 0 fully saturated rings. The fourth-order valence-electron chi connectivity index (χ4n) is 2.40. The molecule has 1 aromatic heterocycles. The Morgan fingerprint density at radius 3 is 2.44 bits per heavy atom. The van der Waals surface area contributed by atoms with Crippen LogP contribution in [0, 0.1) is 6.92 Å². The molecule has 2 aromatic carbocycles. The smallest absolute Gasteiger partial charge is 0.254 e. The fourth-order valence-corrected chi connectivity index (χ4v) is 2.53. The lowest BCUT2D eigenvalue weighted by Crippen LogP contribution is -2.30. The Kier molecular flexibility index (Phi) is 5.14. The molecule has 0 bridgehead atoms. The Bertz CT molecular complexity index is 857. The van der Waals surface area contributed by atoms with E-state index in [1.165, 1.54) is 0 Å². The van der Waals surface area contributed by atoms with Crippen molar-refractivity contribution in [2.45, 2.75) is 20.4 Å². The highest BCUT2D eigenvalue weighted by molar-refractivity contribution is 6.30. The van der Waals surface area contributed by atoms with Gasteiger partial charge in [-0.1, -0.05) is 46.6 Å². The molecule has 0 unspecified atom stereocenters. The van der Waals surface area contributed by atoms with Crippen molar-refractivity contribution in [2.24, 2.45) is 0 Å². The van der Waals surface area contributed by atoms with Gasteiger partial charge < -0.3 is 9.42 Å². The van der Waals surface area contributed by atoms with Gasteiger partial charge in [0.1, 0.15) is 6.54 Å². The highest BCUT2D eigenvalue weighted by atomic mass is 35.5. The lowest BCUT2D eigenvalue weighted by atomic mass is 10.1. The summed E-state index contributed by atoms with van der Waals surface area (Å²) in [5.41, 5.74) is 2.62. The molecule has 0 radical (unpaired) electrons. The molecule has 3 aromatic rings. The minimum Gasteiger partial charge on any atom is -0.337 e. The van der Waals surface area contributed by atoms with E-state index in [0.29, 0.717) is 28.8 Å². The zero-order chi connectivity index (χ0) is 17.8. The topological polar surface area (TPSA) is 59.2 Å². The first-order valence-electron chi connectivity index (χ1n) is 8.01. The van der Waals surface area contributed by atoms with Gasteiger partial charge in [-0.25, -0.2) is 0 Å². The summed E-state index contributed by atoms with van der Waals surface area (Å²) in [6.07, 6.45) is 0. The number of amides is 1. The van der Waals surface area contributed by atoms with Crippen LogP contribution in [0.25, 0.3) is 11.4 Å². The molecule has 0 aliphatic carbocycles. The summed E-state index contributed by atoms with van der Waals surface area (Å²) in [5, 5.41) is 4.60. The van der Waals surface area contributed by atoms with Crippen molar-refractivity contribution in [2.75, 3.05) is 6.54 Å². The maximum absolute atomic E-state index is 12.6. The van der Waals surface area contributed by atoms with Crippen LogP contribution in [-0.4, -0.2) is 27.5 Å². The van der Waals surface area contributed by atoms with Crippen LogP contribution in [0.5, 0.6) is 0 Å². The van der Waals surface area contributed by atoms with E-state index in [0.717, 1.165) is 11.1 Å². The Balaban J connectivity index is 1.75. The molecule has 3 rings (SSSR count). The normalized spacial score (nSPS) is 10.7. The predicted molar refractivity (Wildman–Crippen MR) is 96.3 cm³/mol. The van der Waals surface area contributed by atoms with E-state index < -0.39 is 0 Å². The fraction of sp³-hybridized carbons (Fsp3) is 0.211. The van der Waals surface area contributed by atoms with Crippen LogP contribution < -0.4 is 0 Å². The summed E-state index contributed by atoms with van der Waals surface area (Å²) < 4.78 is 5.31. The molecule has 5 nitrogen and oxygen atoms in total. The molecule has 0 saturated carbocycles. The molecule has 1 heterocycles. The third-order valence-corrected chi connectivity index (χ3v) is 4.12. The molecule has 0 aliphatic heterocycles. The third kappa shape index (κ3) is 4.06. The molecular weight excluding hydrogens is 338 g/mol. The van der Waals surface area contributed by atoms with E-state index in [-0.39, 0.29) is 12.5 Å². The summed E-state index contributed by atoms with van der Waals surface area (Å²) in [5.74, 6) is 0.819. The van der Waals surface area contributed by atoms with Crippen molar-refractivity contribution in [3.63, 3.8) is 0 Å². The SMILES string of the molecule is CCN(Cc1nc(-c2ccc(C)cc2)no1)C(=O)c1ccc(Cl)cc1. The van der Waals surface area contributed by atoms with Crippen molar-refractivity contribution in [1.82, 2.24) is 15.0 Å². The van der Waals surface area contributed by atoms with Gasteiger partial charge in [0.15, 0.2) is 0 Å². The van der Waals surface area contributed by atoms with E-state index in [9.17, 15) is 4.79 Å². The van der Waals surface area contributed by atoms with Crippen LogP contribution in [0.15, 0.2) is 53.1 Å². The minimum absolute atomic E-state index is 0.103. The number of benzene rings is 2. The Hall–Kier alpha value is -2.66. The van der Waals surface area contributed by atoms with E-state index >= 15 is 0 Å². The van der Waals surface area contributed by atoms with Crippen molar-refractivity contribution in [3.8, 4) is 11.4 Å². The van der Waals surface area contributed by atoms with Gasteiger partial charge in [0.2, 0.25) is 11.7 Å². The molecule has 0 aliphatic rings. The highest BCUT2D eigenvalue weighted by Crippen LogP contribution is 2.18. The zero-order valence-electron chi connectivity index (χ0n) is 14.1. The van der Waals surface area contributed by atoms with Crippen LogP contribution in [-0.2, 0) is 6.54 Å². The van der Waals surface area contributed by atoms with Gasteiger partial charge in [-0.3, -0.25) is 4.79 Å². The number of rotatable bonds is 5. The number of hydrogen-bond donors (Lipinski definition) is 0.